The molecule has 0 fully saturated rings. The largest absolute Gasteiger partial charge is 0.465 e. The summed E-state index contributed by atoms with van der Waals surface area (Å²) in [6, 6.07) is 7.86. The number of hydrogen-bond donors (Lipinski definition) is 1. The maximum atomic E-state index is 12.6. The molecule has 0 aliphatic rings. The molecular formula is C21H22N4O5. The fourth-order valence-corrected chi connectivity index (χ4v) is 2.90. The van der Waals surface area contributed by atoms with Crippen LogP contribution in [0.5, 0.6) is 0 Å². The standard InChI is InChI=1S/C21H22N4O5/c1-12(2)25-19-17(10-22-25)16(9-13(3)23-19)21(28)30-11-18(26)24-15-7-5-14(6-8-15)20(27)29-4/h5-10,12H,11H2,1-4H3,(H,24,26). The van der Waals surface area contributed by atoms with Gasteiger partial charge in [0, 0.05) is 17.4 Å². The highest BCUT2D eigenvalue weighted by atomic mass is 16.5. The molecule has 0 saturated heterocycles. The quantitative estimate of drug-likeness (QED) is 0.622. The van der Waals surface area contributed by atoms with Gasteiger partial charge in [0.2, 0.25) is 0 Å². The number of hydrogen-bond acceptors (Lipinski definition) is 7. The molecule has 1 aromatic carbocycles. The molecule has 2 heterocycles. The van der Waals surface area contributed by atoms with Gasteiger partial charge in [-0.2, -0.15) is 5.10 Å². The average Bonchev–Trinajstić information content (AvgIpc) is 3.15. The van der Waals surface area contributed by atoms with Gasteiger partial charge in [-0.05, 0) is 51.1 Å². The summed E-state index contributed by atoms with van der Waals surface area (Å²) >= 11 is 0. The predicted molar refractivity (Wildman–Crippen MR) is 109 cm³/mol. The van der Waals surface area contributed by atoms with Crippen LogP contribution in [0.2, 0.25) is 0 Å². The number of esters is 2. The normalized spacial score (nSPS) is 10.8. The molecule has 3 aromatic rings. The highest BCUT2D eigenvalue weighted by molar-refractivity contribution is 6.03. The number of pyridine rings is 1. The molecule has 2 aromatic heterocycles. The zero-order valence-corrected chi connectivity index (χ0v) is 17.1. The third-order valence-electron chi connectivity index (χ3n) is 4.33. The minimum atomic E-state index is -0.634. The molecule has 1 N–H and O–H groups in total. The van der Waals surface area contributed by atoms with Crippen molar-refractivity contribution in [3.05, 3.63) is 53.3 Å². The summed E-state index contributed by atoms with van der Waals surface area (Å²) in [7, 11) is 1.29. The van der Waals surface area contributed by atoms with Gasteiger partial charge in [-0.3, -0.25) is 4.79 Å². The maximum absolute atomic E-state index is 12.6. The first-order chi connectivity index (χ1) is 14.3. The molecule has 0 saturated carbocycles. The summed E-state index contributed by atoms with van der Waals surface area (Å²) in [5.41, 5.74) is 2.36. The number of nitrogens with one attached hydrogen (secondary N) is 1. The number of carbonyl (C=O) groups excluding carboxylic acids is 3. The van der Waals surface area contributed by atoms with Crippen molar-refractivity contribution in [2.24, 2.45) is 0 Å². The van der Waals surface area contributed by atoms with Gasteiger partial charge < -0.3 is 14.8 Å². The number of fused-ring (bicyclic) bond motifs is 1. The van der Waals surface area contributed by atoms with Gasteiger partial charge in [0.1, 0.15) is 0 Å². The SMILES string of the molecule is COC(=O)c1ccc(NC(=O)COC(=O)c2cc(C)nc3c2cnn3C(C)C)cc1. The summed E-state index contributed by atoms with van der Waals surface area (Å²) in [5, 5.41) is 7.46. The molecule has 9 nitrogen and oxygen atoms in total. The first kappa shape index (κ1) is 21.0. The number of methoxy groups -OCH3 is 1. The number of amides is 1. The van der Waals surface area contributed by atoms with Crippen molar-refractivity contribution in [2.75, 3.05) is 19.0 Å². The van der Waals surface area contributed by atoms with Crippen LogP contribution in [0.15, 0.2) is 36.5 Å². The molecule has 0 radical (unpaired) electrons. The van der Waals surface area contributed by atoms with Crippen LogP contribution in [-0.4, -0.2) is 46.3 Å². The van der Waals surface area contributed by atoms with Gasteiger partial charge in [-0.1, -0.05) is 0 Å². The van der Waals surface area contributed by atoms with E-state index in [4.69, 9.17) is 4.74 Å². The first-order valence-electron chi connectivity index (χ1n) is 9.30. The van der Waals surface area contributed by atoms with Crippen LogP contribution < -0.4 is 5.32 Å². The molecule has 0 aliphatic carbocycles. The highest BCUT2D eigenvalue weighted by Crippen LogP contribution is 2.21. The van der Waals surface area contributed by atoms with E-state index in [0.717, 1.165) is 0 Å². The van der Waals surface area contributed by atoms with E-state index in [9.17, 15) is 14.4 Å². The van der Waals surface area contributed by atoms with Crippen molar-refractivity contribution in [3.8, 4) is 0 Å². The van der Waals surface area contributed by atoms with Gasteiger partial charge in [0.15, 0.2) is 12.3 Å². The molecule has 1 amide bonds. The minimum absolute atomic E-state index is 0.0806. The number of anilines is 1. The van der Waals surface area contributed by atoms with E-state index in [-0.39, 0.29) is 6.04 Å². The monoisotopic (exact) mass is 410 g/mol. The summed E-state index contributed by atoms with van der Waals surface area (Å²) in [5.74, 6) is -1.61. The second kappa shape index (κ2) is 8.73. The van der Waals surface area contributed by atoms with Crippen LogP contribution in [0, 0.1) is 6.92 Å². The van der Waals surface area contributed by atoms with E-state index in [1.807, 2.05) is 13.8 Å². The molecule has 9 heteroatoms. The van der Waals surface area contributed by atoms with Crippen LogP contribution in [-0.2, 0) is 14.3 Å². The molecule has 0 unspecified atom stereocenters. The summed E-state index contributed by atoms with van der Waals surface area (Å²) in [4.78, 5) is 40.6. The smallest absolute Gasteiger partial charge is 0.339 e. The van der Waals surface area contributed by atoms with Gasteiger partial charge in [0.05, 0.1) is 29.8 Å². The van der Waals surface area contributed by atoms with Crippen molar-refractivity contribution in [2.45, 2.75) is 26.8 Å². The Kier molecular flexibility index (Phi) is 6.10. The zero-order chi connectivity index (χ0) is 21.8. The lowest BCUT2D eigenvalue weighted by molar-refractivity contribution is -0.119. The molecule has 0 atom stereocenters. The lowest BCUT2D eigenvalue weighted by atomic mass is 10.1. The van der Waals surface area contributed by atoms with Gasteiger partial charge in [0.25, 0.3) is 5.91 Å². The van der Waals surface area contributed by atoms with Crippen molar-refractivity contribution >= 4 is 34.6 Å². The van der Waals surface area contributed by atoms with E-state index in [0.29, 0.717) is 33.5 Å². The Morgan fingerprint density at radius 1 is 1.13 bits per heavy atom. The Morgan fingerprint density at radius 2 is 1.83 bits per heavy atom. The summed E-state index contributed by atoms with van der Waals surface area (Å²) < 4.78 is 11.5. The molecule has 30 heavy (non-hydrogen) atoms. The number of carbonyl (C=O) groups is 3. The number of ether oxygens (including phenoxy) is 2. The third kappa shape index (κ3) is 4.45. The Balaban J connectivity index is 1.67. The Morgan fingerprint density at radius 3 is 2.47 bits per heavy atom. The van der Waals surface area contributed by atoms with E-state index in [2.05, 4.69) is 20.1 Å². The molecule has 0 aliphatic heterocycles. The zero-order valence-electron chi connectivity index (χ0n) is 17.1. The fraction of sp³-hybridized carbons (Fsp3) is 0.286. The number of aryl methyl sites for hydroxylation is 1. The molecule has 156 valence electrons. The summed E-state index contributed by atoms with van der Waals surface area (Å²) in [6.45, 7) is 5.25. The second-order valence-electron chi connectivity index (χ2n) is 6.92. The number of nitrogens with zero attached hydrogens (tertiary/aromatic N) is 3. The van der Waals surface area contributed by atoms with E-state index >= 15 is 0 Å². The van der Waals surface area contributed by atoms with Crippen molar-refractivity contribution in [3.63, 3.8) is 0 Å². The minimum Gasteiger partial charge on any atom is -0.465 e. The van der Waals surface area contributed by atoms with Gasteiger partial charge >= 0.3 is 11.9 Å². The lowest BCUT2D eigenvalue weighted by Gasteiger charge is -2.09. The second-order valence-corrected chi connectivity index (χ2v) is 6.92. The van der Waals surface area contributed by atoms with Crippen LogP contribution in [0.3, 0.4) is 0 Å². The van der Waals surface area contributed by atoms with Crippen molar-refractivity contribution in [1.82, 2.24) is 14.8 Å². The predicted octanol–water partition coefficient (Wildman–Crippen LogP) is 2.90. The Bertz CT molecular complexity index is 1100. The van der Waals surface area contributed by atoms with E-state index in [1.54, 1.807) is 36.0 Å². The fourth-order valence-electron chi connectivity index (χ4n) is 2.90. The highest BCUT2D eigenvalue weighted by Gasteiger charge is 2.19. The maximum Gasteiger partial charge on any atom is 0.339 e. The molecule has 0 bridgehead atoms. The van der Waals surface area contributed by atoms with Crippen LogP contribution >= 0.6 is 0 Å². The Hall–Kier alpha value is -3.75. The van der Waals surface area contributed by atoms with Gasteiger partial charge in [-0.15, -0.1) is 0 Å². The van der Waals surface area contributed by atoms with Crippen LogP contribution in [0.4, 0.5) is 5.69 Å². The van der Waals surface area contributed by atoms with Gasteiger partial charge in [-0.25, -0.2) is 19.3 Å². The van der Waals surface area contributed by atoms with Crippen LogP contribution in [0.25, 0.3) is 11.0 Å². The number of aromatic nitrogens is 3. The van der Waals surface area contributed by atoms with E-state index in [1.165, 1.54) is 19.2 Å². The number of rotatable bonds is 6. The van der Waals surface area contributed by atoms with Crippen molar-refractivity contribution in [1.29, 1.82) is 0 Å². The lowest BCUT2D eigenvalue weighted by Crippen LogP contribution is -2.21. The van der Waals surface area contributed by atoms with Crippen molar-refractivity contribution < 1.29 is 23.9 Å². The topological polar surface area (TPSA) is 112 Å². The third-order valence-corrected chi connectivity index (χ3v) is 4.33. The number of benzene rings is 1. The molecule has 0 spiro atoms. The average molecular weight is 410 g/mol. The Labute approximate surface area is 173 Å². The van der Waals surface area contributed by atoms with E-state index < -0.39 is 24.5 Å². The molecular weight excluding hydrogens is 388 g/mol. The summed E-state index contributed by atoms with van der Waals surface area (Å²) in [6.07, 6.45) is 1.57. The molecule has 3 rings (SSSR count). The first-order valence-corrected chi connectivity index (χ1v) is 9.30. The van der Waals surface area contributed by atoms with Crippen LogP contribution in [0.1, 0.15) is 46.3 Å².